The number of nitrogens with zero attached hydrogens (tertiary/aromatic N) is 3. The zero-order valence-corrected chi connectivity index (χ0v) is 22.9. The molecule has 2 aromatic heterocycles. The van der Waals surface area contributed by atoms with Gasteiger partial charge in [-0.05, 0) is 54.4 Å². The molecule has 208 valence electrons. The Morgan fingerprint density at radius 3 is 2.60 bits per heavy atom. The molecule has 4 aromatic rings. The van der Waals surface area contributed by atoms with Gasteiger partial charge in [0.05, 0.1) is 5.52 Å². The van der Waals surface area contributed by atoms with E-state index >= 15 is 0 Å². The van der Waals surface area contributed by atoms with Crippen molar-refractivity contribution in [1.29, 1.82) is 0 Å². The lowest BCUT2D eigenvalue weighted by atomic mass is 9.99. The molecule has 0 spiro atoms. The van der Waals surface area contributed by atoms with Gasteiger partial charge in [-0.3, -0.25) is 14.6 Å². The lowest BCUT2D eigenvalue weighted by molar-refractivity contribution is 0.0174. The van der Waals surface area contributed by atoms with Crippen LogP contribution in [0.1, 0.15) is 34.1 Å². The highest BCUT2D eigenvalue weighted by molar-refractivity contribution is 6.04. The number of fused-ring (bicyclic) bond motifs is 1. The highest BCUT2D eigenvalue weighted by Gasteiger charge is 2.25. The Morgan fingerprint density at radius 2 is 1.85 bits per heavy atom. The summed E-state index contributed by atoms with van der Waals surface area (Å²) in [5.41, 5.74) is 3.99. The van der Waals surface area contributed by atoms with E-state index in [1.807, 2.05) is 31.3 Å². The number of amides is 1. The molecule has 0 radical (unpaired) electrons. The summed E-state index contributed by atoms with van der Waals surface area (Å²) >= 11 is 0. The molecular formula is C31H33F2N5O2. The monoisotopic (exact) mass is 545 g/mol. The molecule has 0 saturated carbocycles. The molecule has 40 heavy (non-hydrogen) atoms. The largest absolute Gasteiger partial charge is 0.322 e. The van der Waals surface area contributed by atoms with E-state index in [0.717, 1.165) is 68.2 Å². The van der Waals surface area contributed by atoms with Crippen LogP contribution in [-0.4, -0.2) is 53.1 Å². The number of aromatic nitrogens is 2. The van der Waals surface area contributed by atoms with Gasteiger partial charge in [0, 0.05) is 92.8 Å². The number of hydrogen-bond acceptors (Lipinski definition) is 5. The molecule has 1 aliphatic heterocycles. The maximum absolute atomic E-state index is 13.8. The summed E-state index contributed by atoms with van der Waals surface area (Å²) in [6.45, 7) is 7.66. The number of hydrogen-bond donors (Lipinski definition) is 2. The first-order valence-corrected chi connectivity index (χ1v) is 13.4. The fourth-order valence-corrected chi connectivity index (χ4v) is 5.07. The van der Waals surface area contributed by atoms with Crippen molar-refractivity contribution in [3.05, 3.63) is 93.5 Å². The van der Waals surface area contributed by atoms with Gasteiger partial charge in [0.2, 0.25) is 0 Å². The van der Waals surface area contributed by atoms with Crippen LogP contribution in [0.5, 0.6) is 0 Å². The van der Waals surface area contributed by atoms with Crippen LogP contribution in [0.4, 0.5) is 14.5 Å². The molecule has 3 heterocycles. The average molecular weight is 546 g/mol. The second-order valence-corrected chi connectivity index (χ2v) is 10.5. The molecular weight excluding hydrogens is 512 g/mol. The first kappa shape index (κ1) is 27.6. The van der Waals surface area contributed by atoms with Crippen molar-refractivity contribution >= 4 is 22.5 Å². The van der Waals surface area contributed by atoms with Crippen molar-refractivity contribution < 1.29 is 13.6 Å². The highest BCUT2D eigenvalue weighted by Crippen LogP contribution is 2.29. The van der Waals surface area contributed by atoms with E-state index < -0.39 is 11.8 Å². The van der Waals surface area contributed by atoms with Crippen LogP contribution in [0.2, 0.25) is 0 Å². The van der Waals surface area contributed by atoms with E-state index in [1.54, 1.807) is 23.7 Å². The number of piperazine rings is 1. The van der Waals surface area contributed by atoms with E-state index in [1.165, 1.54) is 24.3 Å². The van der Waals surface area contributed by atoms with Gasteiger partial charge in [-0.2, -0.15) is 0 Å². The molecule has 0 bridgehead atoms. The first-order valence-electron chi connectivity index (χ1n) is 13.4. The van der Waals surface area contributed by atoms with Crippen molar-refractivity contribution in [2.45, 2.75) is 26.2 Å². The van der Waals surface area contributed by atoms with Gasteiger partial charge in [-0.1, -0.05) is 18.2 Å². The smallest absolute Gasteiger partial charge is 0.270 e. The molecule has 2 aromatic carbocycles. The SMILES string of the molecule is Cc1ccc(NC(=O)c2cccc(C(C)(F)F)c2)cc1-c1cc2cnc(CCN3CCNCC3)cc2n(C)c1=O. The third-order valence-corrected chi connectivity index (χ3v) is 7.48. The number of pyridine rings is 2. The normalized spacial score (nSPS) is 14.4. The summed E-state index contributed by atoms with van der Waals surface area (Å²) in [5, 5.41) is 6.98. The van der Waals surface area contributed by atoms with Gasteiger partial charge in [0.15, 0.2) is 0 Å². The standard InChI is InChI=1S/C31H33F2N5O2/c1-20-7-8-25(36-29(39)21-5-4-6-23(15-21)31(2,32)33)17-26(20)27-16-22-19-35-24(18-28(22)37(3)30(27)40)9-12-38-13-10-34-11-14-38/h4-8,15-19,34H,9-14H2,1-3H3,(H,36,39). The molecule has 9 heteroatoms. The number of aryl methyl sites for hydroxylation is 2. The Hall–Kier alpha value is -3.95. The van der Waals surface area contributed by atoms with Crippen LogP contribution in [0.15, 0.2) is 65.6 Å². The summed E-state index contributed by atoms with van der Waals surface area (Å²) in [7, 11) is 1.76. The van der Waals surface area contributed by atoms with Gasteiger partial charge < -0.3 is 20.1 Å². The van der Waals surface area contributed by atoms with Crippen LogP contribution < -0.4 is 16.2 Å². The van der Waals surface area contributed by atoms with Gasteiger partial charge in [0.1, 0.15) is 0 Å². The molecule has 5 rings (SSSR count). The van der Waals surface area contributed by atoms with Crippen molar-refractivity contribution in [2.75, 3.05) is 38.0 Å². The van der Waals surface area contributed by atoms with Crippen molar-refractivity contribution in [2.24, 2.45) is 7.05 Å². The Kier molecular flexibility index (Phi) is 7.78. The Labute approximate surface area is 231 Å². The van der Waals surface area contributed by atoms with Crippen LogP contribution in [0, 0.1) is 6.92 Å². The topological polar surface area (TPSA) is 79.3 Å². The van der Waals surface area contributed by atoms with Gasteiger partial charge in [-0.25, -0.2) is 8.78 Å². The zero-order valence-electron chi connectivity index (χ0n) is 22.9. The second kappa shape index (κ2) is 11.3. The third kappa shape index (κ3) is 5.95. The molecule has 0 unspecified atom stereocenters. The summed E-state index contributed by atoms with van der Waals surface area (Å²) in [6.07, 6.45) is 2.62. The molecule has 0 aliphatic carbocycles. The quantitative estimate of drug-likeness (QED) is 0.351. The van der Waals surface area contributed by atoms with Gasteiger partial charge >= 0.3 is 0 Å². The molecule has 1 fully saturated rings. The number of rotatable bonds is 7. The maximum Gasteiger partial charge on any atom is 0.270 e. The predicted octanol–water partition coefficient (Wildman–Crippen LogP) is 4.72. The number of nitrogens with one attached hydrogen (secondary N) is 2. The number of alkyl halides is 2. The number of carbonyl (C=O) groups excluding carboxylic acids is 1. The Bertz CT molecular complexity index is 1620. The van der Waals surface area contributed by atoms with Crippen molar-refractivity contribution in [1.82, 2.24) is 19.8 Å². The molecule has 1 saturated heterocycles. The van der Waals surface area contributed by atoms with E-state index in [9.17, 15) is 18.4 Å². The number of halogens is 2. The van der Waals surface area contributed by atoms with Crippen molar-refractivity contribution in [3.63, 3.8) is 0 Å². The van der Waals surface area contributed by atoms with Crippen LogP contribution >= 0.6 is 0 Å². The summed E-state index contributed by atoms with van der Waals surface area (Å²) in [4.78, 5) is 33.5. The van der Waals surface area contributed by atoms with Gasteiger partial charge in [0.25, 0.3) is 17.4 Å². The number of anilines is 1. The lowest BCUT2D eigenvalue weighted by Crippen LogP contribution is -2.44. The minimum atomic E-state index is -3.05. The average Bonchev–Trinajstić information content (AvgIpc) is 2.95. The fraction of sp³-hybridized carbons (Fsp3) is 0.323. The van der Waals surface area contributed by atoms with E-state index in [2.05, 4.69) is 20.5 Å². The van der Waals surface area contributed by atoms with Crippen molar-refractivity contribution in [3.8, 4) is 11.1 Å². The third-order valence-electron chi connectivity index (χ3n) is 7.48. The maximum atomic E-state index is 13.8. The van der Waals surface area contributed by atoms with E-state index in [-0.39, 0.29) is 16.7 Å². The van der Waals surface area contributed by atoms with E-state index in [4.69, 9.17) is 0 Å². The molecule has 1 amide bonds. The van der Waals surface area contributed by atoms with Crippen LogP contribution in [-0.2, 0) is 19.4 Å². The zero-order chi connectivity index (χ0) is 28.4. The molecule has 7 nitrogen and oxygen atoms in total. The second-order valence-electron chi connectivity index (χ2n) is 10.5. The molecule has 1 aliphatic rings. The number of benzene rings is 2. The summed E-state index contributed by atoms with van der Waals surface area (Å²) in [5.74, 6) is -3.56. The Balaban J connectivity index is 1.41. The minimum absolute atomic E-state index is 0.126. The van der Waals surface area contributed by atoms with E-state index in [0.29, 0.717) is 16.8 Å². The molecule has 0 atom stereocenters. The summed E-state index contributed by atoms with van der Waals surface area (Å²) < 4.78 is 29.2. The predicted molar refractivity (Wildman–Crippen MR) is 154 cm³/mol. The van der Waals surface area contributed by atoms with Crippen LogP contribution in [0.3, 0.4) is 0 Å². The molecule has 2 N–H and O–H groups in total. The highest BCUT2D eigenvalue weighted by atomic mass is 19.3. The van der Waals surface area contributed by atoms with Gasteiger partial charge in [-0.15, -0.1) is 0 Å². The Morgan fingerprint density at radius 1 is 1.07 bits per heavy atom. The van der Waals surface area contributed by atoms with Crippen LogP contribution in [0.25, 0.3) is 22.0 Å². The first-order chi connectivity index (χ1) is 19.1. The lowest BCUT2D eigenvalue weighted by Gasteiger charge is -2.26. The number of carbonyl (C=O) groups is 1. The fourth-order valence-electron chi connectivity index (χ4n) is 5.07. The summed E-state index contributed by atoms with van der Waals surface area (Å²) in [6, 6.07) is 14.5. The minimum Gasteiger partial charge on any atom is -0.322 e.